The second kappa shape index (κ2) is 9.90. The summed E-state index contributed by atoms with van der Waals surface area (Å²) < 4.78 is 5.27. The van der Waals surface area contributed by atoms with Gasteiger partial charge in [-0.2, -0.15) is 5.10 Å². The van der Waals surface area contributed by atoms with Gasteiger partial charge in [-0.3, -0.25) is 14.5 Å². The number of amides is 4. The maximum atomic E-state index is 13.5. The summed E-state index contributed by atoms with van der Waals surface area (Å²) in [5.74, 6) is 0.332. The van der Waals surface area contributed by atoms with Crippen molar-refractivity contribution in [2.75, 3.05) is 13.7 Å². The Bertz CT molecular complexity index is 1130. The van der Waals surface area contributed by atoms with E-state index in [0.29, 0.717) is 24.5 Å². The van der Waals surface area contributed by atoms with Crippen LogP contribution >= 0.6 is 0 Å². The van der Waals surface area contributed by atoms with Crippen LogP contribution in [0.5, 0.6) is 5.75 Å². The van der Waals surface area contributed by atoms with E-state index in [4.69, 9.17) is 4.74 Å². The number of imide groups is 1. The zero-order valence-electron chi connectivity index (χ0n) is 20.7. The summed E-state index contributed by atoms with van der Waals surface area (Å²) in [6, 6.07) is 16.3. The highest BCUT2D eigenvalue weighted by Gasteiger charge is 2.48. The lowest BCUT2D eigenvalue weighted by atomic mass is 9.92. The van der Waals surface area contributed by atoms with Crippen LogP contribution in [-0.2, 0) is 9.59 Å². The molecule has 2 aromatic rings. The molecule has 0 radical (unpaired) electrons. The van der Waals surface area contributed by atoms with Crippen LogP contribution in [0.2, 0.25) is 0 Å². The number of hydrogen-bond acceptors (Lipinski definition) is 5. The largest absolute Gasteiger partial charge is 0.497 e. The Balaban J connectivity index is 1.57. The van der Waals surface area contributed by atoms with Gasteiger partial charge in [-0.25, -0.2) is 9.80 Å². The van der Waals surface area contributed by atoms with E-state index >= 15 is 0 Å². The third kappa shape index (κ3) is 5.06. The van der Waals surface area contributed by atoms with E-state index in [0.717, 1.165) is 28.2 Å². The van der Waals surface area contributed by atoms with E-state index in [1.165, 1.54) is 5.01 Å². The topological polar surface area (TPSA) is 91.3 Å². The van der Waals surface area contributed by atoms with Gasteiger partial charge in [0, 0.05) is 6.42 Å². The van der Waals surface area contributed by atoms with Crippen LogP contribution in [-0.4, -0.2) is 52.7 Å². The molecule has 0 aliphatic carbocycles. The predicted molar refractivity (Wildman–Crippen MR) is 133 cm³/mol. The molecule has 0 spiro atoms. The molecule has 8 nitrogen and oxygen atoms in total. The molecule has 2 unspecified atom stereocenters. The molecule has 0 saturated carbocycles. The molecule has 1 N–H and O–H groups in total. The Labute approximate surface area is 205 Å². The molecule has 0 aromatic heterocycles. The van der Waals surface area contributed by atoms with E-state index in [9.17, 15) is 14.4 Å². The van der Waals surface area contributed by atoms with Gasteiger partial charge in [0.1, 0.15) is 17.8 Å². The number of carbonyl (C=O) groups is 3. The SMILES string of the molecule is COc1ccc(C2CC(c3ccccc3)=NN2C(=O)CN2C(=O)NC(C)(CCC(C)C)C2=O)cc1. The first-order chi connectivity index (χ1) is 16.7. The summed E-state index contributed by atoms with van der Waals surface area (Å²) in [6.07, 6.45) is 1.84. The molecule has 35 heavy (non-hydrogen) atoms. The number of rotatable bonds is 8. The van der Waals surface area contributed by atoms with Gasteiger partial charge in [-0.15, -0.1) is 0 Å². The molecule has 2 aliphatic rings. The summed E-state index contributed by atoms with van der Waals surface area (Å²) >= 11 is 0. The fourth-order valence-electron chi connectivity index (χ4n) is 4.48. The molecule has 4 amide bonds. The van der Waals surface area contributed by atoms with Gasteiger partial charge in [-0.1, -0.05) is 56.3 Å². The number of hydrazone groups is 1. The van der Waals surface area contributed by atoms with E-state index < -0.39 is 17.5 Å². The second-order valence-corrected chi connectivity index (χ2v) is 9.73. The Morgan fingerprint density at radius 3 is 2.46 bits per heavy atom. The first-order valence-electron chi connectivity index (χ1n) is 11.9. The molecule has 4 rings (SSSR count). The maximum Gasteiger partial charge on any atom is 0.325 e. The molecule has 1 fully saturated rings. The van der Waals surface area contributed by atoms with Crippen LogP contribution in [0.4, 0.5) is 4.79 Å². The minimum atomic E-state index is -1.000. The number of urea groups is 1. The number of hydrogen-bond donors (Lipinski definition) is 1. The van der Waals surface area contributed by atoms with E-state index in [-0.39, 0.29) is 18.5 Å². The van der Waals surface area contributed by atoms with Crippen molar-refractivity contribution in [2.24, 2.45) is 11.0 Å². The summed E-state index contributed by atoms with van der Waals surface area (Å²) in [7, 11) is 1.60. The van der Waals surface area contributed by atoms with Crippen LogP contribution in [0.25, 0.3) is 0 Å². The quantitative estimate of drug-likeness (QED) is 0.580. The third-order valence-electron chi connectivity index (χ3n) is 6.63. The Morgan fingerprint density at radius 2 is 1.83 bits per heavy atom. The molecule has 8 heteroatoms. The van der Waals surface area contributed by atoms with Crippen molar-refractivity contribution in [1.82, 2.24) is 15.2 Å². The number of methoxy groups -OCH3 is 1. The summed E-state index contributed by atoms with van der Waals surface area (Å²) in [5.41, 5.74) is 1.60. The summed E-state index contributed by atoms with van der Waals surface area (Å²) in [5, 5.41) is 8.85. The molecule has 2 aromatic carbocycles. The number of nitrogens with zero attached hydrogens (tertiary/aromatic N) is 3. The summed E-state index contributed by atoms with van der Waals surface area (Å²) in [6.45, 7) is 5.50. The lowest BCUT2D eigenvalue weighted by Crippen LogP contribution is -2.45. The van der Waals surface area contributed by atoms with Gasteiger partial charge < -0.3 is 10.1 Å². The van der Waals surface area contributed by atoms with Crippen LogP contribution in [0.3, 0.4) is 0 Å². The van der Waals surface area contributed by atoms with Gasteiger partial charge in [0.25, 0.3) is 11.8 Å². The number of ether oxygens (including phenoxy) is 1. The van der Waals surface area contributed by atoms with E-state index in [1.54, 1.807) is 14.0 Å². The Kier molecular flexibility index (Phi) is 6.91. The first kappa shape index (κ1) is 24.4. The van der Waals surface area contributed by atoms with Gasteiger partial charge in [0.05, 0.1) is 18.9 Å². The molecule has 2 atom stereocenters. The number of carbonyl (C=O) groups excluding carboxylic acids is 3. The molecule has 0 bridgehead atoms. The van der Waals surface area contributed by atoms with Gasteiger partial charge >= 0.3 is 6.03 Å². The van der Waals surface area contributed by atoms with Crippen molar-refractivity contribution in [3.63, 3.8) is 0 Å². The van der Waals surface area contributed by atoms with Gasteiger partial charge in [-0.05, 0) is 48.9 Å². The second-order valence-electron chi connectivity index (χ2n) is 9.73. The molecular weight excluding hydrogens is 444 g/mol. The monoisotopic (exact) mass is 476 g/mol. The highest BCUT2D eigenvalue weighted by Crippen LogP contribution is 2.34. The molecular formula is C27H32N4O4. The standard InChI is InChI=1S/C27H32N4O4/c1-18(2)14-15-27(3)25(33)30(26(34)28-27)17-24(32)31-23(20-10-12-21(35-4)13-11-20)16-22(29-31)19-8-6-5-7-9-19/h5-13,18,23H,14-17H2,1-4H3,(H,28,34). The highest BCUT2D eigenvalue weighted by atomic mass is 16.5. The van der Waals surface area contributed by atoms with Crippen LogP contribution in [0, 0.1) is 5.92 Å². The molecule has 2 heterocycles. The smallest absolute Gasteiger partial charge is 0.325 e. The van der Waals surface area contributed by atoms with E-state index in [1.807, 2.05) is 54.6 Å². The normalized spacial score (nSPS) is 22.0. The fraction of sp³-hybridized carbons (Fsp3) is 0.407. The van der Waals surface area contributed by atoms with Crippen LogP contribution in [0.15, 0.2) is 59.7 Å². The summed E-state index contributed by atoms with van der Waals surface area (Å²) in [4.78, 5) is 40.3. The van der Waals surface area contributed by atoms with Crippen molar-refractivity contribution in [3.8, 4) is 5.75 Å². The van der Waals surface area contributed by atoms with Crippen molar-refractivity contribution in [3.05, 3.63) is 65.7 Å². The minimum absolute atomic E-state index is 0.350. The average molecular weight is 477 g/mol. The Morgan fingerprint density at radius 1 is 1.14 bits per heavy atom. The zero-order valence-corrected chi connectivity index (χ0v) is 20.7. The van der Waals surface area contributed by atoms with Crippen LogP contribution in [0.1, 0.15) is 57.2 Å². The lowest BCUT2D eigenvalue weighted by Gasteiger charge is -2.25. The lowest BCUT2D eigenvalue weighted by molar-refractivity contribution is -0.140. The molecule has 184 valence electrons. The van der Waals surface area contributed by atoms with Gasteiger partial charge in [0.2, 0.25) is 0 Å². The minimum Gasteiger partial charge on any atom is -0.497 e. The molecule has 2 aliphatic heterocycles. The fourth-order valence-corrected chi connectivity index (χ4v) is 4.48. The van der Waals surface area contributed by atoms with Crippen LogP contribution < -0.4 is 10.1 Å². The maximum absolute atomic E-state index is 13.5. The van der Waals surface area contributed by atoms with Crippen molar-refractivity contribution in [1.29, 1.82) is 0 Å². The highest BCUT2D eigenvalue weighted by molar-refractivity contribution is 6.09. The Hall–Kier alpha value is -3.68. The van der Waals surface area contributed by atoms with E-state index in [2.05, 4.69) is 24.3 Å². The average Bonchev–Trinajstić information content (AvgIpc) is 3.39. The zero-order chi connectivity index (χ0) is 25.2. The first-order valence-corrected chi connectivity index (χ1v) is 11.9. The number of nitrogens with one attached hydrogen (secondary N) is 1. The van der Waals surface area contributed by atoms with Crippen molar-refractivity contribution in [2.45, 2.75) is 51.6 Å². The van der Waals surface area contributed by atoms with Crippen molar-refractivity contribution >= 4 is 23.6 Å². The predicted octanol–water partition coefficient (Wildman–Crippen LogP) is 4.12. The van der Waals surface area contributed by atoms with Crippen molar-refractivity contribution < 1.29 is 19.1 Å². The molecule has 1 saturated heterocycles. The number of benzene rings is 2. The van der Waals surface area contributed by atoms with Gasteiger partial charge in [0.15, 0.2) is 0 Å². The third-order valence-corrected chi connectivity index (χ3v) is 6.63.